The fourth-order valence-electron chi connectivity index (χ4n) is 2.33. The third-order valence-corrected chi connectivity index (χ3v) is 3.34. The van der Waals surface area contributed by atoms with Crippen LogP contribution in [0.2, 0.25) is 0 Å². The highest BCUT2D eigenvalue weighted by atomic mass is 35.5. The summed E-state index contributed by atoms with van der Waals surface area (Å²) in [5.74, 6) is 1.84. The van der Waals surface area contributed by atoms with Gasteiger partial charge in [-0.05, 0) is 37.3 Å². The standard InChI is InChI=1S/C12H16N2O.ClH/c1-2-11(7-13-5-1)15-8-10-4-3-9-6-12(9)14-10;/h1-2,5,7,9-10,12,14H,3-4,6,8H2;1H. The predicted molar refractivity (Wildman–Crippen MR) is 65.0 cm³/mol. The van der Waals surface area contributed by atoms with E-state index in [1.165, 1.54) is 19.3 Å². The highest BCUT2D eigenvalue weighted by Crippen LogP contribution is 2.39. The van der Waals surface area contributed by atoms with E-state index in [1.54, 1.807) is 12.4 Å². The lowest BCUT2D eigenvalue weighted by Crippen LogP contribution is -2.39. The monoisotopic (exact) mass is 240 g/mol. The molecule has 0 amide bonds. The zero-order valence-electron chi connectivity index (χ0n) is 9.13. The van der Waals surface area contributed by atoms with Crippen molar-refractivity contribution in [2.24, 2.45) is 5.92 Å². The molecule has 1 aliphatic heterocycles. The van der Waals surface area contributed by atoms with Gasteiger partial charge in [0.25, 0.3) is 0 Å². The summed E-state index contributed by atoms with van der Waals surface area (Å²) in [4.78, 5) is 4.03. The van der Waals surface area contributed by atoms with Crippen molar-refractivity contribution in [1.82, 2.24) is 10.3 Å². The molecule has 0 aromatic carbocycles. The molecule has 1 aromatic heterocycles. The van der Waals surface area contributed by atoms with Gasteiger partial charge in [0.2, 0.25) is 0 Å². The number of piperidine rings is 1. The van der Waals surface area contributed by atoms with E-state index in [4.69, 9.17) is 4.74 Å². The number of hydrogen-bond donors (Lipinski definition) is 1. The summed E-state index contributed by atoms with van der Waals surface area (Å²) in [6, 6.07) is 5.19. The van der Waals surface area contributed by atoms with Crippen LogP contribution in [0.1, 0.15) is 19.3 Å². The Morgan fingerprint density at radius 1 is 1.44 bits per heavy atom. The predicted octanol–water partition coefficient (Wildman–Crippen LogP) is 2.02. The van der Waals surface area contributed by atoms with Crippen molar-refractivity contribution in [3.05, 3.63) is 24.5 Å². The maximum Gasteiger partial charge on any atom is 0.137 e. The van der Waals surface area contributed by atoms with Crippen LogP contribution in [-0.2, 0) is 0 Å². The van der Waals surface area contributed by atoms with E-state index < -0.39 is 0 Å². The molecule has 1 aromatic rings. The molecule has 0 spiro atoms. The number of ether oxygens (including phenoxy) is 1. The average molecular weight is 241 g/mol. The van der Waals surface area contributed by atoms with E-state index in [-0.39, 0.29) is 12.4 Å². The Labute approximate surface area is 102 Å². The molecule has 0 radical (unpaired) electrons. The smallest absolute Gasteiger partial charge is 0.137 e. The normalized spacial score (nSPS) is 31.1. The molecule has 16 heavy (non-hydrogen) atoms. The molecule has 2 aliphatic rings. The lowest BCUT2D eigenvalue weighted by atomic mass is 10.1. The van der Waals surface area contributed by atoms with Crippen molar-refractivity contribution in [2.75, 3.05) is 6.61 Å². The third kappa shape index (κ3) is 2.66. The molecule has 3 nitrogen and oxygen atoms in total. The Morgan fingerprint density at radius 2 is 2.38 bits per heavy atom. The second-order valence-corrected chi connectivity index (χ2v) is 4.54. The van der Waals surface area contributed by atoms with Crippen molar-refractivity contribution < 1.29 is 4.74 Å². The maximum absolute atomic E-state index is 5.69. The number of halogens is 1. The zero-order valence-corrected chi connectivity index (χ0v) is 9.95. The minimum Gasteiger partial charge on any atom is -0.490 e. The molecule has 3 rings (SSSR count). The van der Waals surface area contributed by atoms with Gasteiger partial charge >= 0.3 is 0 Å². The quantitative estimate of drug-likeness (QED) is 0.878. The van der Waals surface area contributed by atoms with Gasteiger partial charge < -0.3 is 10.1 Å². The molecule has 4 heteroatoms. The molecular formula is C12H17ClN2O. The molecule has 3 unspecified atom stereocenters. The first kappa shape index (κ1) is 11.7. The van der Waals surface area contributed by atoms with Crippen molar-refractivity contribution in [2.45, 2.75) is 31.3 Å². The lowest BCUT2D eigenvalue weighted by Gasteiger charge is -2.23. The fraction of sp³-hybridized carbons (Fsp3) is 0.583. The molecule has 0 bridgehead atoms. The first-order chi connectivity index (χ1) is 7.42. The Bertz CT molecular complexity index is 333. The van der Waals surface area contributed by atoms with Crippen LogP contribution in [0.15, 0.2) is 24.5 Å². The van der Waals surface area contributed by atoms with Gasteiger partial charge in [-0.2, -0.15) is 0 Å². The SMILES string of the molecule is Cl.c1cncc(OCC2CCC3CC3N2)c1. The van der Waals surface area contributed by atoms with E-state index in [0.717, 1.165) is 24.3 Å². The molecule has 1 aliphatic carbocycles. The highest BCUT2D eigenvalue weighted by molar-refractivity contribution is 5.85. The van der Waals surface area contributed by atoms with Crippen molar-refractivity contribution in [1.29, 1.82) is 0 Å². The van der Waals surface area contributed by atoms with E-state index in [0.29, 0.717) is 6.04 Å². The largest absolute Gasteiger partial charge is 0.490 e. The molecule has 1 saturated heterocycles. The topological polar surface area (TPSA) is 34.1 Å². The Morgan fingerprint density at radius 3 is 3.12 bits per heavy atom. The maximum atomic E-state index is 5.69. The van der Waals surface area contributed by atoms with Crippen LogP contribution in [0, 0.1) is 5.92 Å². The number of nitrogens with zero attached hydrogens (tertiary/aromatic N) is 1. The number of nitrogens with one attached hydrogen (secondary N) is 1. The molecule has 1 saturated carbocycles. The van der Waals surface area contributed by atoms with Gasteiger partial charge in [0.05, 0.1) is 6.20 Å². The fourth-order valence-corrected chi connectivity index (χ4v) is 2.33. The third-order valence-electron chi connectivity index (χ3n) is 3.34. The number of rotatable bonds is 3. The summed E-state index contributed by atoms with van der Waals surface area (Å²) in [5.41, 5.74) is 0. The second kappa shape index (κ2) is 5.02. The number of hydrogen-bond acceptors (Lipinski definition) is 3. The number of aromatic nitrogens is 1. The first-order valence-electron chi connectivity index (χ1n) is 5.71. The van der Waals surface area contributed by atoms with Gasteiger partial charge in [0.1, 0.15) is 12.4 Å². The van der Waals surface area contributed by atoms with Gasteiger partial charge in [-0.15, -0.1) is 12.4 Å². The number of pyridine rings is 1. The van der Waals surface area contributed by atoms with E-state index in [1.807, 2.05) is 12.1 Å². The van der Waals surface area contributed by atoms with Crippen LogP contribution in [0.5, 0.6) is 5.75 Å². The van der Waals surface area contributed by atoms with Crippen LogP contribution in [0.25, 0.3) is 0 Å². The summed E-state index contributed by atoms with van der Waals surface area (Å²) in [6.45, 7) is 0.773. The van der Waals surface area contributed by atoms with E-state index >= 15 is 0 Å². The van der Waals surface area contributed by atoms with Crippen LogP contribution < -0.4 is 10.1 Å². The molecule has 2 fully saturated rings. The van der Waals surface area contributed by atoms with Gasteiger partial charge in [-0.3, -0.25) is 4.98 Å². The Balaban J connectivity index is 0.000000963. The van der Waals surface area contributed by atoms with Crippen molar-refractivity contribution in [3.8, 4) is 5.75 Å². The van der Waals surface area contributed by atoms with Gasteiger partial charge in [-0.25, -0.2) is 0 Å². The summed E-state index contributed by atoms with van der Waals surface area (Å²) in [6.07, 6.45) is 7.53. The Hall–Kier alpha value is -0.800. The second-order valence-electron chi connectivity index (χ2n) is 4.54. The van der Waals surface area contributed by atoms with E-state index in [9.17, 15) is 0 Å². The molecule has 3 atom stereocenters. The minimum absolute atomic E-state index is 0. The lowest BCUT2D eigenvalue weighted by molar-refractivity contribution is 0.236. The highest BCUT2D eigenvalue weighted by Gasteiger charge is 2.41. The van der Waals surface area contributed by atoms with Crippen molar-refractivity contribution in [3.63, 3.8) is 0 Å². The van der Waals surface area contributed by atoms with Crippen LogP contribution in [-0.4, -0.2) is 23.7 Å². The van der Waals surface area contributed by atoms with Gasteiger partial charge in [0.15, 0.2) is 0 Å². The first-order valence-corrected chi connectivity index (χ1v) is 5.71. The summed E-state index contributed by atoms with van der Waals surface area (Å²) in [5, 5.41) is 3.62. The zero-order chi connectivity index (χ0) is 10.1. The van der Waals surface area contributed by atoms with Gasteiger partial charge in [0, 0.05) is 18.3 Å². The summed E-state index contributed by atoms with van der Waals surface area (Å²) < 4.78 is 5.69. The van der Waals surface area contributed by atoms with Crippen molar-refractivity contribution >= 4 is 12.4 Å². The molecule has 2 heterocycles. The molecular weight excluding hydrogens is 224 g/mol. The average Bonchev–Trinajstić information content (AvgIpc) is 3.06. The van der Waals surface area contributed by atoms with Crippen LogP contribution >= 0.6 is 12.4 Å². The Kier molecular flexibility index (Phi) is 3.66. The number of fused-ring (bicyclic) bond motifs is 1. The minimum atomic E-state index is 0. The molecule has 88 valence electrons. The van der Waals surface area contributed by atoms with E-state index in [2.05, 4.69) is 10.3 Å². The summed E-state index contributed by atoms with van der Waals surface area (Å²) in [7, 11) is 0. The van der Waals surface area contributed by atoms with Crippen LogP contribution in [0.3, 0.4) is 0 Å². The molecule has 1 N–H and O–H groups in total. The van der Waals surface area contributed by atoms with Gasteiger partial charge in [-0.1, -0.05) is 0 Å². The van der Waals surface area contributed by atoms with Crippen LogP contribution in [0.4, 0.5) is 0 Å². The summed E-state index contributed by atoms with van der Waals surface area (Å²) >= 11 is 0.